The molecule has 1 N–H and O–H groups in total. The lowest BCUT2D eigenvalue weighted by molar-refractivity contribution is -0.138. The van der Waals surface area contributed by atoms with Gasteiger partial charge in [-0.05, 0) is 53.9 Å². The van der Waals surface area contributed by atoms with Gasteiger partial charge in [-0.3, -0.25) is 4.79 Å². The van der Waals surface area contributed by atoms with Crippen LogP contribution < -0.4 is 10.2 Å². The Labute approximate surface area is 164 Å². The number of nitrogens with zero attached hydrogens (tertiary/aromatic N) is 3. The molecule has 1 aromatic rings. The predicted molar refractivity (Wildman–Crippen MR) is 105 cm³/mol. The summed E-state index contributed by atoms with van der Waals surface area (Å²) in [5, 5.41) is 3.44. The van der Waals surface area contributed by atoms with Gasteiger partial charge in [0, 0.05) is 36.8 Å². The number of aromatic nitrogens is 1. The summed E-state index contributed by atoms with van der Waals surface area (Å²) >= 11 is 3.41. The fraction of sp³-hybridized carbons (Fsp3) is 0.625. The zero-order valence-electron chi connectivity index (χ0n) is 13.8. The first-order valence-corrected chi connectivity index (χ1v) is 8.85. The first-order chi connectivity index (χ1) is 10.6. The van der Waals surface area contributed by atoms with Crippen molar-refractivity contribution in [2.24, 2.45) is 0 Å². The molecule has 1 atom stereocenters. The number of piperazine rings is 1. The Balaban J connectivity index is 0.00000144. The molecule has 1 aromatic heterocycles. The van der Waals surface area contributed by atoms with Crippen molar-refractivity contribution in [1.82, 2.24) is 15.2 Å². The Kier molecular flexibility index (Phi) is 8.26. The second-order valence-electron chi connectivity index (χ2n) is 6.08. The summed E-state index contributed by atoms with van der Waals surface area (Å²) in [7, 11) is 0. The van der Waals surface area contributed by atoms with Crippen molar-refractivity contribution in [3.63, 3.8) is 0 Å². The molecule has 0 bridgehead atoms. The van der Waals surface area contributed by atoms with Crippen LogP contribution in [0.4, 0.5) is 5.82 Å². The second kappa shape index (κ2) is 9.22. The summed E-state index contributed by atoms with van der Waals surface area (Å²) in [5.41, 5.74) is -0.308. The molecule has 24 heavy (non-hydrogen) atoms. The molecule has 2 saturated heterocycles. The van der Waals surface area contributed by atoms with Gasteiger partial charge >= 0.3 is 0 Å². The number of carbonyl (C=O) groups is 1. The number of rotatable bonds is 3. The summed E-state index contributed by atoms with van der Waals surface area (Å²) in [6.07, 6.45) is 4.76. The average molecular weight is 440 g/mol. The lowest BCUT2D eigenvalue weighted by atomic mass is 9.92. The number of carbonyl (C=O) groups excluding carboxylic acids is 1. The molecular formula is C16H25BrCl2N4O. The molecule has 136 valence electrons. The van der Waals surface area contributed by atoms with Crippen molar-refractivity contribution < 1.29 is 4.79 Å². The van der Waals surface area contributed by atoms with Crippen LogP contribution in [0.2, 0.25) is 0 Å². The summed E-state index contributed by atoms with van der Waals surface area (Å²) < 4.78 is 0.988. The first-order valence-electron chi connectivity index (χ1n) is 8.05. The van der Waals surface area contributed by atoms with Crippen LogP contribution >= 0.6 is 40.7 Å². The van der Waals surface area contributed by atoms with Gasteiger partial charge < -0.3 is 15.1 Å². The molecule has 0 saturated carbocycles. The van der Waals surface area contributed by atoms with E-state index in [1.165, 1.54) is 0 Å². The number of halogens is 3. The maximum atomic E-state index is 12.9. The molecule has 8 heteroatoms. The van der Waals surface area contributed by atoms with E-state index in [1.807, 2.05) is 23.2 Å². The quantitative estimate of drug-likeness (QED) is 0.786. The van der Waals surface area contributed by atoms with E-state index >= 15 is 0 Å². The summed E-state index contributed by atoms with van der Waals surface area (Å²) in [6.45, 7) is 6.32. The largest absolute Gasteiger partial charge is 0.353 e. The Morgan fingerprint density at radius 1 is 1.29 bits per heavy atom. The minimum atomic E-state index is -0.308. The van der Waals surface area contributed by atoms with Crippen LogP contribution in [0.3, 0.4) is 0 Å². The topological polar surface area (TPSA) is 48.5 Å². The van der Waals surface area contributed by atoms with Crippen LogP contribution in [-0.2, 0) is 4.79 Å². The molecule has 0 spiro atoms. The maximum Gasteiger partial charge on any atom is 0.242 e. The smallest absolute Gasteiger partial charge is 0.242 e. The number of hydrogen-bond donors (Lipinski definition) is 1. The molecule has 3 rings (SSSR count). The van der Waals surface area contributed by atoms with Gasteiger partial charge in [-0.1, -0.05) is 6.92 Å². The van der Waals surface area contributed by atoms with Gasteiger partial charge in [0.05, 0.1) is 5.54 Å². The van der Waals surface area contributed by atoms with Crippen molar-refractivity contribution in [1.29, 1.82) is 0 Å². The van der Waals surface area contributed by atoms with Crippen LogP contribution in [0.5, 0.6) is 0 Å². The highest BCUT2D eigenvalue weighted by molar-refractivity contribution is 9.10. The fourth-order valence-electron chi connectivity index (χ4n) is 3.44. The molecular weight excluding hydrogens is 415 g/mol. The minimum absolute atomic E-state index is 0. The van der Waals surface area contributed by atoms with Gasteiger partial charge in [0.2, 0.25) is 5.91 Å². The molecule has 3 heterocycles. The SMILES string of the molecule is CCC1(C(=O)N2CCN(c3ccc(Br)cn3)CC2)CCCN1.Cl.Cl. The van der Waals surface area contributed by atoms with Gasteiger partial charge in [-0.15, -0.1) is 24.8 Å². The van der Waals surface area contributed by atoms with E-state index in [0.29, 0.717) is 0 Å². The van der Waals surface area contributed by atoms with Gasteiger partial charge in [0.25, 0.3) is 0 Å². The second-order valence-corrected chi connectivity index (χ2v) is 7.00. The third-order valence-corrected chi connectivity index (χ3v) is 5.33. The van der Waals surface area contributed by atoms with Gasteiger partial charge in [-0.2, -0.15) is 0 Å². The first kappa shape index (κ1) is 21.5. The molecule has 1 unspecified atom stereocenters. The van der Waals surface area contributed by atoms with Gasteiger partial charge in [-0.25, -0.2) is 4.98 Å². The van der Waals surface area contributed by atoms with E-state index in [-0.39, 0.29) is 36.3 Å². The third kappa shape index (κ3) is 4.34. The van der Waals surface area contributed by atoms with Crippen LogP contribution in [0.25, 0.3) is 0 Å². The summed E-state index contributed by atoms with van der Waals surface area (Å²) in [4.78, 5) is 21.6. The van der Waals surface area contributed by atoms with Crippen molar-refractivity contribution in [3.8, 4) is 0 Å². The Morgan fingerprint density at radius 2 is 2.00 bits per heavy atom. The van der Waals surface area contributed by atoms with E-state index in [9.17, 15) is 4.79 Å². The summed E-state index contributed by atoms with van der Waals surface area (Å²) in [6, 6.07) is 4.03. The maximum absolute atomic E-state index is 12.9. The minimum Gasteiger partial charge on any atom is -0.353 e. The zero-order valence-corrected chi connectivity index (χ0v) is 17.1. The van der Waals surface area contributed by atoms with Crippen LogP contribution in [0, 0.1) is 0 Å². The van der Waals surface area contributed by atoms with E-state index in [0.717, 1.165) is 62.3 Å². The highest BCUT2D eigenvalue weighted by Crippen LogP contribution is 2.26. The number of hydrogen-bond acceptors (Lipinski definition) is 4. The lowest BCUT2D eigenvalue weighted by Gasteiger charge is -2.40. The van der Waals surface area contributed by atoms with Gasteiger partial charge in [0.15, 0.2) is 0 Å². The highest BCUT2D eigenvalue weighted by atomic mass is 79.9. The van der Waals surface area contributed by atoms with Crippen LogP contribution in [0.15, 0.2) is 22.8 Å². The number of pyridine rings is 1. The summed E-state index contributed by atoms with van der Waals surface area (Å²) in [5.74, 6) is 1.27. The lowest BCUT2D eigenvalue weighted by Crippen LogP contribution is -2.59. The third-order valence-electron chi connectivity index (χ3n) is 4.86. The molecule has 0 radical (unpaired) electrons. The Hall–Kier alpha value is -0.560. The zero-order chi connectivity index (χ0) is 15.6. The number of nitrogens with one attached hydrogen (secondary N) is 1. The highest BCUT2D eigenvalue weighted by Gasteiger charge is 2.42. The molecule has 1 amide bonds. The monoisotopic (exact) mass is 438 g/mol. The number of anilines is 1. The molecule has 2 aliphatic heterocycles. The fourth-order valence-corrected chi connectivity index (χ4v) is 3.67. The number of amides is 1. The van der Waals surface area contributed by atoms with Crippen molar-refractivity contribution in [3.05, 3.63) is 22.8 Å². The van der Waals surface area contributed by atoms with Crippen molar-refractivity contribution in [2.45, 2.75) is 31.7 Å². The van der Waals surface area contributed by atoms with Gasteiger partial charge in [0.1, 0.15) is 5.82 Å². The normalized spacial score (nSPS) is 23.4. The van der Waals surface area contributed by atoms with E-state index < -0.39 is 0 Å². The van der Waals surface area contributed by atoms with Crippen molar-refractivity contribution in [2.75, 3.05) is 37.6 Å². The molecule has 5 nitrogen and oxygen atoms in total. The predicted octanol–water partition coefficient (Wildman–Crippen LogP) is 2.87. The van der Waals surface area contributed by atoms with Crippen molar-refractivity contribution >= 4 is 52.5 Å². The molecule has 0 aromatic carbocycles. The average Bonchev–Trinajstić information content (AvgIpc) is 3.05. The molecule has 0 aliphatic carbocycles. The Bertz CT molecular complexity index is 529. The van der Waals surface area contributed by atoms with E-state index in [2.05, 4.69) is 38.1 Å². The van der Waals surface area contributed by atoms with Crippen LogP contribution in [0.1, 0.15) is 26.2 Å². The van der Waals surface area contributed by atoms with E-state index in [1.54, 1.807) is 0 Å². The Morgan fingerprint density at radius 3 is 2.50 bits per heavy atom. The van der Waals surface area contributed by atoms with Crippen LogP contribution in [-0.4, -0.2) is 54.1 Å². The standard InChI is InChI=1S/C16H23BrN4O.2ClH/c1-2-16(6-3-7-19-16)15(22)21-10-8-20(9-11-21)14-5-4-13(17)12-18-14;;/h4-5,12,19H,2-3,6-11H2,1H3;2*1H. The van der Waals surface area contributed by atoms with E-state index in [4.69, 9.17) is 0 Å². The molecule has 2 fully saturated rings. The molecule has 2 aliphatic rings.